The molecule has 1 aromatic rings. The first kappa shape index (κ1) is 24.8. The van der Waals surface area contributed by atoms with E-state index in [1.54, 1.807) is 14.2 Å². The van der Waals surface area contributed by atoms with Crippen molar-refractivity contribution in [2.45, 2.75) is 39.2 Å². The average molecular weight is 523 g/mol. The Morgan fingerprint density at radius 2 is 2.04 bits per heavy atom. The lowest BCUT2D eigenvalue weighted by molar-refractivity contribution is -0.135. The minimum Gasteiger partial charge on any atom is -0.497 e. The van der Waals surface area contributed by atoms with Gasteiger partial charge in [-0.05, 0) is 37.0 Å². The molecule has 0 saturated carbocycles. The molecule has 1 aliphatic rings. The number of likely N-dealkylation sites (tertiary alicyclic amines) is 1. The molecule has 1 fully saturated rings. The number of amides is 1. The Balaban J connectivity index is 0.00000392. The molecule has 1 aliphatic heterocycles. The maximum Gasteiger partial charge on any atom is 0.225 e. The van der Waals surface area contributed by atoms with E-state index in [0.29, 0.717) is 11.1 Å². The Hall–Kier alpha value is -1.22. The van der Waals surface area contributed by atoms with E-state index in [1.807, 2.05) is 36.9 Å². The number of nitrogens with zero attached hydrogens (tertiary/aromatic N) is 2. The smallest absolute Gasteiger partial charge is 0.225 e. The Morgan fingerprint density at radius 1 is 1.36 bits per heavy atom. The van der Waals surface area contributed by atoms with Crippen molar-refractivity contribution in [1.82, 2.24) is 15.5 Å². The fourth-order valence-electron chi connectivity index (χ4n) is 3.17. The van der Waals surface area contributed by atoms with Gasteiger partial charge in [0.25, 0.3) is 0 Å². The van der Waals surface area contributed by atoms with E-state index >= 15 is 0 Å². The Bertz CT molecular complexity index is 662. The number of guanidine groups is 1. The molecule has 6 nitrogen and oxygen atoms in total. The number of carbonyl (C=O) groups is 1. The minimum absolute atomic E-state index is 0. The first-order valence-corrected chi connectivity index (χ1v) is 9.90. The van der Waals surface area contributed by atoms with Crippen molar-refractivity contribution < 1.29 is 9.53 Å². The standard InChI is InChI=1S/C20H31ClN4O2.HI/c1-14(2)19(26)25-11-8-16(9-12-25)24-20(22-3)23-10-7-15-5-6-17(27-4)13-18(15)21;/h5-6,13-14,16H,7-12H2,1-4H3,(H2,22,23,24);1H. The highest BCUT2D eigenvalue weighted by Gasteiger charge is 2.24. The zero-order chi connectivity index (χ0) is 19.8. The van der Waals surface area contributed by atoms with E-state index < -0.39 is 0 Å². The van der Waals surface area contributed by atoms with Crippen molar-refractivity contribution in [1.29, 1.82) is 0 Å². The number of methoxy groups -OCH3 is 1. The number of piperidine rings is 1. The summed E-state index contributed by atoms with van der Waals surface area (Å²) in [7, 11) is 3.40. The zero-order valence-corrected chi connectivity index (χ0v) is 20.2. The molecule has 1 heterocycles. The molecule has 0 unspecified atom stereocenters. The van der Waals surface area contributed by atoms with E-state index in [4.69, 9.17) is 16.3 Å². The number of rotatable bonds is 6. The van der Waals surface area contributed by atoms with Crippen molar-refractivity contribution in [3.8, 4) is 5.75 Å². The van der Waals surface area contributed by atoms with Crippen LogP contribution in [0.1, 0.15) is 32.3 Å². The van der Waals surface area contributed by atoms with Crippen molar-refractivity contribution in [2.75, 3.05) is 33.8 Å². The molecular weight excluding hydrogens is 491 g/mol. The van der Waals surface area contributed by atoms with Crippen LogP contribution in [0.25, 0.3) is 0 Å². The lowest BCUT2D eigenvalue weighted by Crippen LogP contribution is -2.50. The summed E-state index contributed by atoms with van der Waals surface area (Å²) in [5.74, 6) is 1.85. The molecule has 158 valence electrons. The van der Waals surface area contributed by atoms with Gasteiger partial charge in [0.1, 0.15) is 5.75 Å². The molecule has 0 radical (unpaired) electrons. The fourth-order valence-corrected chi connectivity index (χ4v) is 3.44. The molecule has 0 aromatic heterocycles. The van der Waals surface area contributed by atoms with E-state index in [0.717, 1.165) is 56.2 Å². The molecule has 1 aromatic carbocycles. The molecule has 0 aliphatic carbocycles. The number of nitrogens with one attached hydrogen (secondary N) is 2. The van der Waals surface area contributed by atoms with Gasteiger partial charge in [0.2, 0.25) is 5.91 Å². The molecule has 0 spiro atoms. The molecular formula is C20H32ClIN4O2. The van der Waals surface area contributed by atoms with Crippen molar-refractivity contribution in [2.24, 2.45) is 10.9 Å². The van der Waals surface area contributed by atoms with Crippen LogP contribution in [0.15, 0.2) is 23.2 Å². The van der Waals surface area contributed by atoms with Crippen LogP contribution in [0.2, 0.25) is 5.02 Å². The second-order valence-electron chi connectivity index (χ2n) is 7.10. The van der Waals surface area contributed by atoms with Gasteiger partial charge in [-0.15, -0.1) is 24.0 Å². The van der Waals surface area contributed by atoms with Crippen LogP contribution in [0.3, 0.4) is 0 Å². The predicted octanol–water partition coefficient (Wildman–Crippen LogP) is 3.32. The highest BCUT2D eigenvalue weighted by molar-refractivity contribution is 14.0. The largest absolute Gasteiger partial charge is 0.497 e. The van der Waals surface area contributed by atoms with Gasteiger partial charge < -0.3 is 20.3 Å². The van der Waals surface area contributed by atoms with Gasteiger partial charge in [-0.1, -0.05) is 31.5 Å². The van der Waals surface area contributed by atoms with Crippen LogP contribution >= 0.6 is 35.6 Å². The Morgan fingerprint density at radius 3 is 2.57 bits per heavy atom. The molecule has 28 heavy (non-hydrogen) atoms. The molecule has 8 heteroatoms. The predicted molar refractivity (Wildman–Crippen MR) is 126 cm³/mol. The number of ether oxygens (including phenoxy) is 1. The van der Waals surface area contributed by atoms with E-state index in [9.17, 15) is 4.79 Å². The van der Waals surface area contributed by atoms with E-state index in [1.165, 1.54) is 0 Å². The lowest BCUT2D eigenvalue weighted by atomic mass is 10.0. The van der Waals surface area contributed by atoms with Gasteiger partial charge in [-0.3, -0.25) is 9.79 Å². The van der Waals surface area contributed by atoms with Crippen LogP contribution in [0, 0.1) is 5.92 Å². The average Bonchev–Trinajstić information content (AvgIpc) is 2.68. The minimum atomic E-state index is 0. The summed E-state index contributed by atoms with van der Waals surface area (Å²) in [6.45, 7) is 6.23. The summed E-state index contributed by atoms with van der Waals surface area (Å²) in [6, 6.07) is 6.06. The van der Waals surface area contributed by atoms with Gasteiger partial charge in [-0.2, -0.15) is 0 Å². The number of benzene rings is 1. The molecule has 1 saturated heterocycles. The number of aliphatic imine (C=N–C) groups is 1. The molecule has 0 atom stereocenters. The third-order valence-corrected chi connectivity index (χ3v) is 5.16. The molecule has 2 N–H and O–H groups in total. The topological polar surface area (TPSA) is 66.0 Å². The van der Waals surface area contributed by atoms with E-state index in [-0.39, 0.29) is 35.8 Å². The highest BCUT2D eigenvalue weighted by Crippen LogP contribution is 2.22. The zero-order valence-electron chi connectivity index (χ0n) is 17.1. The number of carbonyl (C=O) groups excluding carboxylic acids is 1. The SMILES string of the molecule is CN=C(NCCc1ccc(OC)cc1Cl)NC1CCN(C(=O)C(C)C)CC1.I. The third-order valence-electron chi connectivity index (χ3n) is 4.81. The van der Waals surface area contributed by atoms with Crippen molar-refractivity contribution >= 4 is 47.4 Å². The second kappa shape index (κ2) is 12.4. The molecule has 1 amide bonds. The van der Waals surface area contributed by atoms with Gasteiger partial charge in [0.15, 0.2) is 5.96 Å². The highest BCUT2D eigenvalue weighted by atomic mass is 127. The first-order chi connectivity index (χ1) is 12.9. The van der Waals surface area contributed by atoms with Crippen molar-refractivity contribution in [3.63, 3.8) is 0 Å². The van der Waals surface area contributed by atoms with Crippen LogP contribution in [0.5, 0.6) is 5.75 Å². The first-order valence-electron chi connectivity index (χ1n) is 9.53. The monoisotopic (exact) mass is 522 g/mol. The molecule has 0 bridgehead atoms. The summed E-state index contributed by atoms with van der Waals surface area (Å²) in [4.78, 5) is 18.3. The van der Waals surface area contributed by atoms with Gasteiger partial charge in [0.05, 0.1) is 7.11 Å². The van der Waals surface area contributed by atoms with Gasteiger partial charge >= 0.3 is 0 Å². The Kier molecular flexibility index (Phi) is 11.0. The van der Waals surface area contributed by atoms with Crippen LogP contribution in [-0.4, -0.2) is 56.6 Å². The van der Waals surface area contributed by atoms with Crippen LogP contribution < -0.4 is 15.4 Å². The maximum atomic E-state index is 12.1. The summed E-state index contributed by atoms with van der Waals surface area (Å²) < 4.78 is 5.18. The number of hydrogen-bond donors (Lipinski definition) is 2. The normalized spacial score (nSPS) is 15.2. The summed E-state index contributed by atoms with van der Waals surface area (Å²) in [5.41, 5.74) is 1.07. The third kappa shape index (κ3) is 7.31. The second-order valence-corrected chi connectivity index (χ2v) is 7.51. The van der Waals surface area contributed by atoms with Gasteiger partial charge in [0, 0.05) is 43.7 Å². The van der Waals surface area contributed by atoms with E-state index in [2.05, 4.69) is 15.6 Å². The van der Waals surface area contributed by atoms with Crippen molar-refractivity contribution in [3.05, 3.63) is 28.8 Å². The van der Waals surface area contributed by atoms with Crippen LogP contribution in [0.4, 0.5) is 0 Å². The van der Waals surface area contributed by atoms with Gasteiger partial charge in [-0.25, -0.2) is 0 Å². The maximum absolute atomic E-state index is 12.1. The summed E-state index contributed by atoms with van der Waals surface area (Å²) >= 11 is 6.29. The number of hydrogen-bond acceptors (Lipinski definition) is 3. The fraction of sp³-hybridized carbons (Fsp3) is 0.600. The Labute approximate surface area is 190 Å². The lowest BCUT2D eigenvalue weighted by Gasteiger charge is -2.34. The quantitative estimate of drug-likeness (QED) is 0.342. The number of halogens is 2. The van der Waals surface area contributed by atoms with Crippen LogP contribution in [-0.2, 0) is 11.2 Å². The molecule has 2 rings (SSSR count). The summed E-state index contributed by atoms with van der Waals surface area (Å²) in [5, 5.41) is 7.51. The summed E-state index contributed by atoms with van der Waals surface area (Å²) in [6.07, 6.45) is 2.66.